The number of carbonyl (C=O) groups is 2. The summed E-state index contributed by atoms with van der Waals surface area (Å²) < 4.78 is 42.8. The summed E-state index contributed by atoms with van der Waals surface area (Å²) in [6.45, 7) is 7.59. The van der Waals surface area contributed by atoms with Crippen LogP contribution in [0.5, 0.6) is 0 Å². The van der Waals surface area contributed by atoms with Crippen LogP contribution in [0.1, 0.15) is 105 Å². The lowest BCUT2D eigenvalue weighted by Gasteiger charge is -2.16. The fourth-order valence-corrected chi connectivity index (χ4v) is 2.58. The second kappa shape index (κ2) is 12.5. The average molecular weight is 367 g/mol. The molecule has 4 nitrogen and oxygen atoms in total. The standard InChI is InChI=1S/C22H34O4/c1-5-7-9-13-17(3)25-21(23)19-15-11-12-16-20(19)22(24)26-18(4)14-10-8-6-2/h11-12,15-18H,5-10,13-14H2,1-4H3/i11D,12D,15D,16D. The Hall–Kier alpha value is -1.84. The van der Waals surface area contributed by atoms with Crippen LogP contribution in [0, 0.1) is 0 Å². The molecule has 1 rings (SSSR count). The minimum atomic E-state index is -0.934. The molecule has 0 saturated heterocycles. The van der Waals surface area contributed by atoms with Crippen LogP contribution in [-0.4, -0.2) is 24.1 Å². The summed E-state index contributed by atoms with van der Waals surface area (Å²) in [6.07, 6.45) is 6.22. The highest BCUT2D eigenvalue weighted by molar-refractivity contribution is 6.03. The smallest absolute Gasteiger partial charge is 0.339 e. The molecule has 0 heterocycles. The predicted octanol–water partition coefficient (Wildman–Crippen LogP) is 5.94. The Balaban J connectivity index is 3.16. The van der Waals surface area contributed by atoms with E-state index in [0.717, 1.165) is 38.5 Å². The van der Waals surface area contributed by atoms with E-state index in [1.165, 1.54) is 0 Å². The van der Waals surface area contributed by atoms with Crippen molar-refractivity contribution in [3.05, 3.63) is 35.3 Å². The molecule has 0 amide bonds. The largest absolute Gasteiger partial charge is 0.459 e. The summed E-state index contributed by atoms with van der Waals surface area (Å²) in [4.78, 5) is 25.5. The zero-order chi connectivity index (χ0) is 22.8. The number of unbranched alkanes of at least 4 members (excludes halogenated alkanes) is 4. The second-order valence-corrected chi connectivity index (χ2v) is 6.67. The monoisotopic (exact) mass is 366 g/mol. The van der Waals surface area contributed by atoms with Gasteiger partial charge in [-0.2, -0.15) is 0 Å². The molecule has 0 fully saturated rings. The molecule has 0 aliphatic heterocycles. The van der Waals surface area contributed by atoms with Gasteiger partial charge in [0.15, 0.2) is 0 Å². The van der Waals surface area contributed by atoms with Crippen molar-refractivity contribution in [2.75, 3.05) is 0 Å². The summed E-state index contributed by atoms with van der Waals surface area (Å²) in [5.74, 6) is -1.87. The minimum absolute atomic E-state index is 0.431. The van der Waals surface area contributed by atoms with Crippen LogP contribution in [0.2, 0.25) is 0 Å². The van der Waals surface area contributed by atoms with Crippen molar-refractivity contribution >= 4 is 11.9 Å². The van der Waals surface area contributed by atoms with E-state index in [4.69, 9.17) is 15.0 Å². The van der Waals surface area contributed by atoms with Crippen LogP contribution < -0.4 is 0 Å². The van der Waals surface area contributed by atoms with Gasteiger partial charge in [0.25, 0.3) is 0 Å². The lowest BCUT2D eigenvalue weighted by Crippen LogP contribution is -2.20. The molecule has 2 atom stereocenters. The fourth-order valence-electron chi connectivity index (χ4n) is 2.58. The van der Waals surface area contributed by atoms with Gasteiger partial charge in [0, 0.05) is 0 Å². The van der Waals surface area contributed by atoms with E-state index in [2.05, 4.69) is 13.8 Å². The summed E-state index contributed by atoms with van der Waals surface area (Å²) in [5, 5.41) is 0. The molecule has 0 aromatic heterocycles. The van der Waals surface area contributed by atoms with Crippen molar-refractivity contribution in [1.29, 1.82) is 0 Å². The Morgan fingerprint density at radius 1 is 0.846 bits per heavy atom. The molecular formula is C22H34O4. The van der Waals surface area contributed by atoms with Crippen LogP contribution in [0.4, 0.5) is 0 Å². The molecular weight excluding hydrogens is 328 g/mol. The first-order chi connectivity index (χ1) is 14.1. The van der Waals surface area contributed by atoms with Crippen molar-refractivity contribution in [3.8, 4) is 0 Å². The third kappa shape index (κ3) is 8.03. The molecule has 146 valence electrons. The molecule has 0 saturated carbocycles. The van der Waals surface area contributed by atoms with Crippen molar-refractivity contribution < 1.29 is 24.5 Å². The third-order valence-corrected chi connectivity index (χ3v) is 4.14. The van der Waals surface area contributed by atoms with Crippen molar-refractivity contribution in [2.45, 2.75) is 91.3 Å². The number of hydrogen-bond acceptors (Lipinski definition) is 4. The zero-order valence-corrected chi connectivity index (χ0v) is 16.4. The zero-order valence-electron chi connectivity index (χ0n) is 20.4. The van der Waals surface area contributed by atoms with Crippen LogP contribution in [0.3, 0.4) is 0 Å². The van der Waals surface area contributed by atoms with Crippen LogP contribution >= 0.6 is 0 Å². The first kappa shape index (κ1) is 16.3. The lowest BCUT2D eigenvalue weighted by molar-refractivity contribution is 0.0270. The summed E-state index contributed by atoms with van der Waals surface area (Å²) in [5.41, 5.74) is -0.928. The Morgan fingerprint density at radius 3 is 1.58 bits per heavy atom. The van der Waals surface area contributed by atoms with Gasteiger partial charge in [-0.15, -0.1) is 0 Å². The molecule has 0 bridgehead atoms. The van der Waals surface area contributed by atoms with Gasteiger partial charge in [-0.05, 0) is 51.6 Å². The minimum Gasteiger partial charge on any atom is -0.459 e. The van der Waals surface area contributed by atoms with Crippen molar-refractivity contribution in [1.82, 2.24) is 0 Å². The van der Waals surface area contributed by atoms with Crippen molar-refractivity contribution in [2.24, 2.45) is 0 Å². The number of esters is 2. The Labute approximate surface area is 163 Å². The number of benzene rings is 1. The maximum Gasteiger partial charge on any atom is 0.339 e. The summed E-state index contributed by atoms with van der Waals surface area (Å²) in [7, 11) is 0. The predicted molar refractivity (Wildman–Crippen MR) is 104 cm³/mol. The molecule has 0 N–H and O–H groups in total. The summed E-state index contributed by atoms with van der Waals surface area (Å²) >= 11 is 0. The summed E-state index contributed by atoms with van der Waals surface area (Å²) in [6, 6.07) is -2.35. The van der Waals surface area contributed by atoms with E-state index in [9.17, 15) is 9.59 Å². The van der Waals surface area contributed by atoms with Crippen LogP contribution in [0.15, 0.2) is 24.2 Å². The Morgan fingerprint density at radius 2 is 1.23 bits per heavy atom. The molecule has 0 aliphatic rings. The molecule has 0 spiro atoms. The van der Waals surface area contributed by atoms with Gasteiger partial charge in [-0.25, -0.2) is 9.59 Å². The maximum atomic E-state index is 12.8. The maximum absolute atomic E-state index is 12.8. The van der Waals surface area contributed by atoms with Crippen molar-refractivity contribution in [3.63, 3.8) is 0 Å². The van der Waals surface area contributed by atoms with Gasteiger partial charge in [0.2, 0.25) is 0 Å². The van der Waals surface area contributed by atoms with Gasteiger partial charge < -0.3 is 9.47 Å². The molecule has 4 heteroatoms. The number of carbonyl (C=O) groups excluding carboxylic acids is 2. The molecule has 0 radical (unpaired) electrons. The van der Waals surface area contributed by atoms with Gasteiger partial charge in [-0.3, -0.25) is 0 Å². The Kier molecular flexibility index (Phi) is 7.86. The first-order valence-corrected chi connectivity index (χ1v) is 9.67. The SMILES string of the molecule is [2H]c1c([2H])c([2H])c(C(=O)OC(C)CCCCC)c(C(=O)OC(C)CCCCC)c1[2H]. The van der Waals surface area contributed by atoms with Gasteiger partial charge in [-0.1, -0.05) is 51.6 Å². The molecule has 0 aliphatic carbocycles. The van der Waals surface area contributed by atoms with Crippen LogP contribution in [0.25, 0.3) is 0 Å². The highest BCUT2D eigenvalue weighted by Crippen LogP contribution is 2.17. The number of rotatable bonds is 12. The van der Waals surface area contributed by atoms with Gasteiger partial charge in [0.1, 0.15) is 0 Å². The van der Waals surface area contributed by atoms with E-state index in [0.29, 0.717) is 12.8 Å². The number of ether oxygens (including phenoxy) is 2. The Bertz CT molecular complexity index is 676. The number of hydrogen-bond donors (Lipinski definition) is 0. The van der Waals surface area contributed by atoms with Gasteiger partial charge >= 0.3 is 11.9 Å². The van der Waals surface area contributed by atoms with E-state index >= 15 is 0 Å². The molecule has 1 aromatic rings. The highest BCUT2D eigenvalue weighted by Gasteiger charge is 2.21. The topological polar surface area (TPSA) is 52.6 Å². The molecule has 1 aromatic carbocycles. The fraction of sp³-hybridized carbons (Fsp3) is 0.636. The first-order valence-electron chi connectivity index (χ1n) is 11.7. The quantitative estimate of drug-likeness (QED) is 0.339. The highest BCUT2D eigenvalue weighted by atomic mass is 16.5. The van der Waals surface area contributed by atoms with E-state index < -0.39 is 59.4 Å². The van der Waals surface area contributed by atoms with Gasteiger partial charge in [0.05, 0.1) is 28.8 Å². The third-order valence-electron chi connectivity index (χ3n) is 4.14. The van der Waals surface area contributed by atoms with E-state index in [-0.39, 0.29) is 0 Å². The lowest BCUT2D eigenvalue weighted by atomic mass is 10.1. The van der Waals surface area contributed by atoms with E-state index in [1.807, 2.05) is 0 Å². The normalized spacial score (nSPS) is 15.2. The average Bonchev–Trinajstić information content (AvgIpc) is 2.68. The second-order valence-electron chi connectivity index (χ2n) is 6.67. The van der Waals surface area contributed by atoms with E-state index in [1.54, 1.807) is 13.8 Å². The van der Waals surface area contributed by atoms with Crippen LogP contribution in [-0.2, 0) is 9.47 Å². The molecule has 2 unspecified atom stereocenters. The molecule has 26 heavy (non-hydrogen) atoms.